The molecule has 0 saturated carbocycles. The lowest BCUT2D eigenvalue weighted by molar-refractivity contribution is -0.115. The summed E-state index contributed by atoms with van der Waals surface area (Å²) in [4.78, 5) is 14.6. The van der Waals surface area contributed by atoms with Gasteiger partial charge in [0.2, 0.25) is 0 Å². The van der Waals surface area contributed by atoms with Gasteiger partial charge in [0.25, 0.3) is 0 Å². The molecule has 3 unspecified atom stereocenters. The number of anilines is 1. The summed E-state index contributed by atoms with van der Waals surface area (Å²) in [5.74, 6) is 0.618. The molecule has 2 aromatic rings. The van der Waals surface area contributed by atoms with E-state index in [0.29, 0.717) is 5.92 Å². The Kier molecular flexibility index (Phi) is 2.88. The Morgan fingerprint density at radius 3 is 2.29 bits per heavy atom. The number of para-hydroxylation sites is 1. The maximum Gasteiger partial charge on any atom is 0.177 e. The van der Waals surface area contributed by atoms with Gasteiger partial charge in [-0.2, -0.15) is 0 Å². The van der Waals surface area contributed by atoms with Crippen LogP contribution in [0.5, 0.6) is 0 Å². The van der Waals surface area contributed by atoms with E-state index in [1.165, 1.54) is 5.56 Å². The first-order valence-corrected chi connectivity index (χ1v) is 7.45. The van der Waals surface area contributed by atoms with Crippen molar-refractivity contribution in [1.82, 2.24) is 0 Å². The first kappa shape index (κ1) is 12.4. The predicted molar refractivity (Wildman–Crippen MR) is 84.4 cm³/mol. The average Bonchev–Trinajstić information content (AvgIpc) is 2.85. The van der Waals surface area contributed by atoms with Crippen molar-refractivity contribution in [3.8, 4) is 0 Å². The molecule has 2 heterocycles. The van der Waals surface area contributed by atoms with E-state index in [1.807, 2.05) is 24.3 Å². The Hall–Kier alpha value is -2.35. The van der Waals surface area contributed by atoms with E-state index in [9.17, 15) is 4.79 Å². The molecule has 2 heteroatoms. The SMILES string of the molecule is O=C1C=CC2C(c3ccccc3)CC1N2c1ccccc1. The van der Waals surface area contributed by atoms with Crippen molar-refractivity contribution in [3.63, 3.8) is 0 Å². The van der Waals surface area contributed by atoms with Gasteiger partial charge in [-0.05, 0) is 30.2 Å². The highest BCUT2D eigenvalue weighted by molar-refractivity contribution is 5.99. The Labute approximate surface area is 124 Å². The minimum absolute atomic E-state index is 0.0207. The Morgan fingerprint density at radius 2 is 1.57 bits per heavy atom. The molecule has 0 aromatic heterocycles. The minimum Gasteiger partial charge on any atom is -0.354 e. The topological polar surface area (TPSA) is 20.3 Å². The normalized spacial score (nSPS) is 27.1. The maximum absolute atomic E-state index is 12.3. The summed E-state index contributed by atoms with van der Waals surface area (Å²) in [6, 6.07) is 21.1. The van der Waals surface area contributed by atoms with Crippen LogP contribution >= 0.6 is 0 Å². The molecule has 104 valence electrons. The van der Waals surface area contributed by atoms with Crippen LogP contribution in [0.3, 0.4) is 0 Å². The van der Waals surface area contributed by atoms with Crippen LogP contribution in [0.1, 0.15) is 17.9 Å². The third kappa shape index (κ3) is 1.99. The van der Waals surface area contributed by atoms with E-state index in [4.69, 9.17) is 0 Å². The Bertz CT molecular complexity index is 677. The maximum atomic E-state index is 12.3. The zero-order valence-corrected chi connectivity index (χ0v) is 11.7. The highest BCUT2D eigenvalue weighted by Gasteiger charge is 2.45. The molecular formula is C19H17NO. The fourth-order valence-electron chi connectivity index (χ4n) is 3.67. The molecule has 1 saturated heterocycles. The fourth-order valence-corrected chi connectivity index (χ4v) is 3.67. The number of carbonyl (C=O) groups is 1. The van der Waals surface area contributed by atoms with E-state index >= 15 is 0 Å². The first-order chi connectivity index (χ1) is 10.3. The quantitative estimate of drug-likeness (QED) is 0.835. The first-order valence-electron chi connectivity index (χ1n) is 7.45. The number of rotatable bonds is 2. The van der Waals surface area contributed by atoms with Gasteiger partial charge < -0.3 is 4.90 Å². The lowest BCUT2D eigenvalue weighted by Gasteiger charge is -2.33. The number of ketones is 1. The molecule has 0 radical (unpaired) electrons. The lowest BCUT2D eigenvalue weighted by Crippen LogP contribution is -2.43. The van der Waals surface area contributed by atoms with Crippen molar-refractivity contribution in [2.75, 3.05) is 4.90 Å². The lowest BCUT2D eigenvalue weighted by atomic mass is 9.91. The predicted octanol–water partition coefficient (Wildman–Crippen LogP) is 3.56. The molecule has 3 atom stereocenters. The second-order valence-corrected chi connectivity index (χ2v) is 5.76. The molecule has 0 N–H and O–H groups in total. The standard InChI is InChI=1S/C19H17NO/c21-19-12-11-17-16(14-7-3-1-4-8-14)13-18(19)20(17)15-9-5-2-6-10-15/h1-12,16-18H,13H2. The van der Waals surface area contributed by atoms with E-state index in [1.54, 1.807) is 6.08 Å². The third-order valence-corrected chi connectivity index (χ3v) is 4.61. The number of carbonyl (C=O) groups excluding carboxylic acids is 1. The molecular weight excluding hydrogens is 258 g/mol. The van der Waals surface area contributed by atoms with Crippen molar-refractivity contribution in [2.45, 2.75) is 24.4 Å². The average molecular weight is 275 g/mol. The van der Waals surface area contributed by atoms with Crippen molar-refractivity contribution >= 4 is 11.5 Å². The molecule has 2 aliphatic heterocycles. The molecule has 21 heavy (non-hydrogen) atoms. The van der Waals surface area contributed by atoms with Crippen molar-refractivity contribution < 1.29 is 4.79 Å². The van der Waals surface area contributed by atoms with Crippen LogP contribution in [-0.4, -0.2) is 17.9 Å². The zero-order chi connectivity index (χ0) is 14.2. The molecule has 2 aliphatic rings. The number of nitrogens with zero attached hydrogens (tertiary/aromatic N) is 1. The van der Waals surface area contributed by atoms with E-state index in [-0.39, 0.29) is 17.9 Å². The van der Waals surface area contributed by atoms with Gasteiger partial charge in [-0.15, -0.1) is 0 Å². The monoisotopic (exact) mass is 275 g/mol. The number of benzene rings is 2. The molecule has 0 amide bonds. The molecule has 2 bridgehead atoms. The van der Waals surface area contributed by atoms with Crippen molar-refractivity contribution in [1.29, 1.82) is 0 Å². The molecule has 1 fully saturated rings. The van der Waals surface area contributed by atoms with Crippen molar-refractivity contribution in [2.24, 2.45) is 0 Å². The van der Waals surface area contributed by atoms with Gasteiger partial charge in [-0.1, -0.05) is 54.6 Å². The molecule has 4 rings (SSSR count). The summed E-state index contributed by atoms with van der Waals surface area (Å²) in [5, 5.41) is 0. The third-order valence-electron chi connectivity index (χ3n) is 4.61. The number of hydrogen-bond donors (Lipinski definition) is 0. The van der Waals surface area contributed by atoms with Crippen LogP contribution in [0.2, 0.25) is 0 Å². The Morgan fingerprint density at radius 1 is 0.905 bits per heavy atom. The van der Waals surface area contributed by atoms with Gasteiger partial charge in [0.05, 0.1) is 12.1 Å². The highest BCUT2D eigenvalue weighted by atomic mass is 16.1. The Balaban J connectivity index is 1.76. The zero-order valence-electron chi connectivity index (χ0n) is 11.7. The van der Waals surface area contributed by atoms with Crippen LogP contribution in [0.4, 0.5) is 5.69 Å². The van der Waals surface area contributed by atoms with Crippen LogP contribution in [0.25, 0.3) is 0 Å². The van der Waals surface area contributed by atoms with Crippen LogP contribution in [0.15, 0.2) is 72.8 Å². The van der Waals surface area contributed by atoms with Crippen LogP contribution < -0.4 is 4.90 Å². The summed E-state index contributed by atoms with van der Waals surface area (Å²) >= 11 is 0. The summed E-state index contributed by atoms with van der Waals surface area (Å²) in [5.41, 5.74) is 2.47. The fraction of sp³-hybridized carbons (Fsp3) is 0.211. The van der Waals surface area contributed by atoms with Gasteiger partial charge >= 0.3 is 0 Å². The molecule has 0 spiro atoms. The van der Waals surface area contributed by atoms with E-state index < -0.39 is 0 Å². The summed E-state index contributed by atoms with van der Waals surface area (Å²) in [6.07, 6.45) is 4.75. The van der Waals surface area contributed by atoms with Crippen molar-refractivity contribution in [3.05, 3.63) is 78.4 Å². The minimum atomic E-state index is -0.0207. The van der Waals surface area contributed by atoms with Gasteiger partial charge in [0.1, 0.15) is 0 Å². The van der Waals surface area contributed by atoms with Gasteiger partial charge in [-0.25, -0.2) is 0 Å². The second-order valence-electron chi connectivity index (χ2n) is 5.76. The van der Waals surface area contributed by atoms with Gasteiger partial charge in [-0.3, -0.25) is 4.79 Å². The molecule has 0 aliphatic carbocycles. The van der Waals surface area contributed by atoms with E-state index in [2.05, 4.69) is 47.4 Å². The van der Waals surface area contributed by atoms with Crippen LogP contribution in [0, 0.1) is 0 Å². The smallest absolute Gasteiger partial charge is 0.177 e. The summed E-state index contributed by atoms with van der Waals surface area (Å²) in [6.45, 7) is 0. The molecule has 2 aromatic carbocycles. The largest absolute Gasteiger partial charge is 0.354 e. The highest BCUT2D eigenvalue weighted by Crippen LogP contribution is 2.43. The van der Waals surface area contributed by atoms with Gasteiger partial charge in [0.15, 0.2) is 5.78 Å². The second kappa shape index (κ2) is 4.88. The molecule has 2 nitrogen and oxygen atoms in total. The summed E-state index contributed by atoms with van der Waals surface area (Å²) in [7, 11) is 0. The van der Waals surface area contributed by atoms with Crippen LogP contribution in [-0.2, 0) is 4.79 Å². The summed E-state index contributed by atoms with van der Waals surface area (Å²) < 4.78 is 0. The van der Waals surface area contributed by atoms with Gasteiger partial charge in [0, 0.05) is 11.6 Å². The number of fused-ring (bicyclic) bond motifs is 2. The van der Waals surface area contributed by atoms with E-state index in [0.717, 1.165) is 12.1 Å². The number of hydrogen-bond acceptors (Lipinski definition) is 2.